The van der Waals surface area contributed by atoms with Gasteiger partial charge in [-0.15, -0.1) is 0 Å². The Bertz CT molecular complexity index is 1440. The highest BCUT2D eigenvalue weighted by Gasteiger charge is 2.18. The largest absolute Gasteiger partial charge is 0.466 e. The molecule has 0 heterocycles. The third-order valence-corrected chi connectivity index (χ3v) is 18.1. The molecule has 2 unspecified atom stereocenters. The predicted molar refractivity (Wildman–Crippen MR) is 379 cm³/mol. The Morgan fingerprint density at radius 3 is 0.895 bits per heavy atom. The summed E-state index contributed by atoms with van der Waals surface area (Å²) in [5.74, 6) is -0.0465. The number of hydrogen-bond donors (Lipinski definition) is 3. The fourth-order valence-electron chi connectivity index (χ4n) is 12.1. The van der Waals surface area contributed by atoms with Crippen LogP contribution in [0.15, 0.2) is 48.6 Å². The van der Waals surface area contributed by atoms with E-state index in [1.165, 1.54) is 347 Å². The van der Waals surface area contributed by atoms with Crippen LogP contribution in [0, 0.1) is 0 Å². The molecule has 0 fully saturated rings. The fourth-order valence-corrected chi connectivity index (χ4v) is 12.1. The van der Waals surface area contributed by atoms with Gasteiger partial charge in [-0.25, -0.2) is 0 Å². The van der Waals surface area contributed by atoms with Crippen LogP contribution in [0.1, 0.15) is 425 Å². The van der Waals surface area contributed by atoms with Gasteiger partial charge in [0.25, 0.3) is 0 Å². The summed E-state index contributed by atoms with van der Waals surface area (Å²) in [5.41, 5.74) is 0. The van der Waals surface area contributed by atoms with E-state index in [9.17, 15) is 19.8 Å². The van der Waals surface area contributed by atoms with Gasteiger partial charge in [-0.3, -0.25) is 9.59 Å². The second kappa shape index (κ2) is 75.3. The van der Waals surface area contributed by atoms with Crippen molar-refractivity contribution < 1.29 is 24.5 Å². The summed E-state index contributed by atoms with van der Waals surface area (Å²) in [6.45, 7) is 4.92. The second-order valence-electron chi connectivity index (χ2n) is 26.7. The summed E-state index contributed by atoms with van der Waals surface area (Å²) in [4.78, 5) is 24.6. The van der Waals surface area contributed by atoms with Gasteiger partial charge in [-0.2, -0.15) is 0 Å². The Labute approximate surface area is 537 Å². The molecule has 0 aliphatic heterocycles. The third kappa shape index (κ3) is 70.9. The summed E-state index contributed by atoms with van der Waals surface area (Å²) < 4.78 is 5.51. The van der Waals surface area contributed by atoms with E-state index in [0.717, 1.165) is 51.4 Å². The molecule has 0 radical (unpaired) electrons. The van der Waals surface area contributed by atoms with Crippen molar-refractivity contribution in [3.8, 4) is 0 Å². The van der Waals surface area contributed by atoms with Gasteiger partial charge in [0.2, 0.25) is 5.91 Å². The van der Waals surface area contributed by atoms with E-state index in [4.69, 9.17) is 4.74 Å². The van der Waals surface area contributed by atoms with E-state index in [2.05, 4.69) is 55.6 Å². The number of nitrogens with one attached hydrogen (secondary N) is 1. The summed E-state index contributed by atoms with van der Waals surface area (Å²) in [7, 11) is 0. The minimum absolute atomic E-state index is 0.0176. The monoisotopic (exact) mass is 1210 g/mol. The lowest BCUT2D eigenvalue weighted by molar-refractivity contribution is -0.143. The zero-order valence-electron chi connectivity index (χ0n) is 58.1. The van der Waals surface area contributed by atoms with Crippen LogP contribution in [-0.4, -0.2) is 47.4 Å². The molecular weight excluding hydrogens is 1050 g/mol. The summed E-state index contributed by atoms with van der Waals surface area (Å²) in [6.07, 6.45) is 99.6. The minimum atomic E-state index is -0.841. The highest BCUT2D eigenvalue weighted by atomic mass is 16.5. The van der Waals surface area contributed by atoms with Gasteiger partial charge in [0, 0.05) is 12.8 Å². The fraction of sp³-hybridized carbons (Fsp3) is 0.875. The quantitative estimate of drug-likeness (QED) is 0.0320. The molecule has 0 saturated carbocycles. The van der Waals surface area contributed by atoms with E-state index in [0.29, 0.717) is 19.4 Å². The number of carbonyl (C=O) groups excluding carboxylic acids is 2. The molecule has 86 heavy (non-hydrogen) atoms. The highest BCUT2D eigenvalue weighted by molar-refractivity contribution is 5.76. The zero-order chi connectivity index (χ0) is 62.0. The van der Waals surface area contributed by atoms with E-state index in [1.807, 2.05) is 6.08 Å². The number of hydrogen-bond acceptors (Lipinski definition) is 5. The molecule has 6 nitrogen and oxygen atoms in total. The molecule has 0 saturated heterocycles. The van der Waals surface area contributed by atoms with Crippen molar-refractivity contribution in [1.82, 2.24) is 5.32 Å². The SMILES string of the molecule is CCCCCCCCC/C=C\CCCCCCCCCC(=O)OCCCCCCCCCCCCCCCCC/C=C\C/C=C\CCCCCCCCCCCCCCCCCCCC(=O)NC(CO)C(O)/C=C/CCCCCCCCCCCC. The highest BCUT2D eigenvalue weighted by Crippen LogP contribution is 2.19. The lowest BCUT2D eigenvalue weighted by Gasteiger charge is -2.20. The van der Waals surface area contributed by atoms with Crippen molar-refractivity contribution in [2.45, 2.75) is 437 Å². The van der Waals surface area contributed by atoms with E-state index in [1.54, 1.807) is 6.08 Å². The molecule has 0 aromatic rings. The van der Waals surface area contributed by atoms with Crippen LogP contribution in [-0.2, 0) is 14.3 Å². The second-order valence-corrected chi connectivity index (χ2v) is 26.7. The van der Waals surface area contributed by atoms with Crippen LogP contribution < -0.4 is 5.32 Å². The first-order valence-corrected chi connectivity index (χ1v) is 38.9. The molecule has 0 aromatic heterocycles. The number of rotatable bonds is 73. The number of carbonyl (C=O) groups is 2. The zero-order valence-corrected chi connectivity index (χ0v) is 58.1. The smallest absolute Gasteiger partial charge is 0.305 e. The van der Waals surface area contributed by atoms with E-state index < -0.39 is 12.1 Å². The molecule has 0 aliphatic rings. The first-order valence-electron chi connectivity index (χ1n) is 38.9. The van der Waals surface area contributed by atoms with Gasteiger partial charge >= 0.3 is 5.97 Å². The molecule has 1 amide bonds. The van der Waals surface area contributed by atoms with Crippen molar-refractivity contribution in [2.24, 2.45) is 0 Å². The van der Waals surface area contributed by atoms with Gasteiger partial charge < -0.3 is 20.3 Å². The average Bonchev–Trinajstić information content (AvgIpc) is 3.53. The van der Waals surface area contributed by atoms with Crippen molar-refractivity contribution in [1.29, 1.82) is 0 Å². The maximum absolute atomic E-state index is 12.5. The maximum Gasteiger partial charge on any atom is 0.305 e. The van der Waals surface area contributed by atoms with Crippen molar-refractivity contribution in [3.63, 3.8) is 0 Å². The molecule has 506 valence electrons. The standard InChI is InChI=1S/C80H151NO5/c1-3-5-7-9-11-13-15-17-18-19-44-47-50-54-58-62-66-70-74-80(85)86-75-71-67-63-59-55-51-48-45-42-40-38-36-34-32-30-28-26-24-22-20-21-23-25-27-29-31-33-35-37-39-41-43-46-49-53-57-61-65-69-73-79(84)81-77(76-82)78(83)72-68-64-60-56-52-16-14-12-10-8-6-4-2/h18-21,24,26,68,72,77-78,82-83H,3-17,22-23,25,27-67,69-71,73-76H2,1-2H3,(H,81,84)/b19-18-,21-20-,26-24-,72-68+. The molecule has 0 rings (SSSR count). The van der Waals surface area contributed by atoms with Crippen LogP contribution >= 0.6 is 0 Å². The Kier molecular flexibility index (Phi) is 73.4. The Hall–Kier alpha value is -2.18. The van der Waals surface area contributed by atoms with Gasteiger partial charge in [0.15, 0.2) is 0 Å². The van der Waals surface area contributed by atoms with E-state index in [-0.39, 0.29) is 18.5 Å². The van der Waals surface area contributed by atoms with Gasteiger partial charge in [0.1, 0.15) is 0 Å². The summed E-state index contributed by atoms with van der Waals surface area (Å²) in [5, 5.41) is 23.1. The van der Waals surface area contributed by atoms with Crippen molar-refractivity contribution in [2.75, 3.05) is 13.2 Å². The van der Waals surface area contributed by atoms with Crippen molar-refractivity contribution >= 4 is 11.9 Å². The number of aliphatic hydroxyl groups is 2. The van der Waals surface area contributed by atoms with Crippen LogP contribution in [0.2, 0.25) is 0 Å². The maximum atomic E-state index is 12.5. The van der Waals surface area contributed by atoms with Crippen LogP contribution in [0.25, 0.3) is 0 Å². The van der Waals surface area contributed by atoms with Gasteiger partial charge in [-0.05, 0) is 89.9 Å². The number of ether oxygens (including phenoxy) is 1. The first kappa shape index (κ1) is 83.8. The third-order valence-electron chi connectivity index (χ3n) is 18.1. The average molecular weight is 1210 g/mol. The Balaban J connectivity index is 3.34. The Morgan fingerprint density at radius 2 is 0.581 bits per heavy atom. The topological polar surface area (TPSA) is 95.9 Å². The number of aliphatic hydroxyl groups excluding tert-OH is 2. The lowest BCUT2D eigenvalue weighted by Crippen LogP contribution is -2.45. The lowest BCUT2D eigenvalue weighted by atomic mass is 10.0. The number of allylic oxidation sites excluding steroid dienone is 7. The molecule has 0 aromatic carbocycles. The number of esters is 1. The van der Waals surface area contributed by atoms with Crippen LogP contribution in [0.4, 0.5) is 0 Å². The molecular formula is C80H151NO5. The minimum Gasteiger partial charge on any atom is -0.466 e. The molecule has 0 aliphatic carbocycles. The van der Waals surface area contributed by atoms with Gasteiger partial charge in [0.05, 0.1) is 25.4 Å². The summed E-state index contributed by atoms with van der Waals surface area (Å²) >= 11 is 0. The summed E-state index contributed by atoms with van der Waals surface area (Å²) in [6, 6.07) is -0.625. The van der Waals surface area contributed by atoms with E-state index >= 15 is 0 Å². The Morgan fingerprint density at radius 1 is 0.326 bits per heavy atom. The number of unbranched alkanes of at least 4 members (excludes halogenated alkanes) is 56. The molecule has 6 heteroatoms. The molecule has 0 bridgehead atoms. The number of amides is 1. The van der Waals surface area contributed by atoms with Crippen LogP contribution in [0.3, 0.4) is 0 Å². The van der Waals surface area contributed by atoms with Gasteiger partial charge in [-0.1, -0.05) is 371 Å². The molecule has 3 N–H and O–H groups in total. The normalized spacial score (nSPS) is 12.7. The first-order chi connectivity index (χ1) is 42.5. The molecule has 2 atom stereocenters. The van der Waals surface area contributed by atoms with Crippen molar-refractivity contribution in [3.05, 3.63) is 48.6 Å². The van der Waals surface area contributed by atoms with Crippen LogP contribution in [0.5, 0.6) is 0 Å². The molecule has 0 spiro atoms. The predicted octanol–water partition coefficient (Wildman–Crippen LogP) is 25.6.